The number of carboxylic acids is 1. The molecule has 35 heavy (non-hydrogen) atoms. The fourth-order valence-electron chi connectivity index (χ4n) is 3.29. The third-order valence-electron chi connectivity index (χ3n) is 4.78. The summed E-state index contributed by atoms with van der Waals surface area (Å²) in [5.74, 6) is -3.59. The Kier molecular flexibility index (Phi) is 6.04. The number of ether oxygens (including phenoxy) is 1. The van der Waals surface area contributed by atoms with E-state index in [-0.39, 0.29) is 16.6 Å². The van der Waals surface area contributed by atoms with Crippen LogP contribution in [-0.4, -0.2) is 75.6 Å². The summed E-state index contributed by atoms with van der Waals surface area (Å²) in [6.45, 7) is -0.995. The van der Waals surface area contributed by atoms with E-state index in [0.29, 0.717) is 20.2 Å². The van der Waals surface area contributed by atoms with Crippen molar-refractivity contribution in [2.45, 2.75) is 23.5 Å². The SMILES string of the molecule is O=C(O)[C@H]1CN(c2nn3c(C(F)(F)F)nnc3s2)CCN1S(=O)(=O)c1ccc(OC(F)(F)F)cc1. The maximum Gasteiger partial charge on any atom is 0.573 e. The maximum absolute atomic E-state index is 13.0. The highest BCUT2D eigenvalue weighted by Crippen LogP contribution is 2.33. The Morgan fingerprint density at radius 2 is 1.74 bits per heavy atom. The molecule has 4 rings (SSSR count). The second-order valence-electron chi connectivity index (χ2n) is 7.04. The first kappa shape index (κ1) is 24.9. The van der Waals surface area contributed by atoms with Crippen LogP contribution in [0.3, 0.4) is 0 Å². The minimum atomic E-state index is -4.99. The number of hydrogen-bond acceptors (Lipinski definition) is 9. The van der Waals surface area contributed by atoms with Crippen LogP contribution in [0.1, 0.15) is 5.82 Å². The average molecular weight is 546 g/mol. The van der Waals surface area contributed by atoms with Crippen LogP contribution < -0.4 is 9.64 Å². The summed E-state index contributed by atoms with van der Waals surface area (Å²) in [5.41, 5.74) is 0. The van der Waals surface area contributed by atoms with Gasteiger partial charge < -0.3 is 14.7 Å². The smallest absolute Gasteiger partial charge is 0.480 e. The zero-order valence-corrected chi connectivity index (χ0v) is 18.5. The normalized spacial score (nSPS) is 18.2. The molecule has 19 heteroatoms. The van der Waals surface area contributed by atoms with Gasteiger partial charge in [-0.1, -0.05) is 11.3 Å². The van der Waals surface area contributed by atoms with E-state index in [1.165, 1.54) is 4.90 Å². The average Bonchev–Trinajstić information content (AvgIpc) is 3.33. The van der Waals surface area contributed by atoms with Crippen molar-refractivity contribution < 1.29 is 49.4 Å². The second kappa shape index (κ2) is 8.48. The van der Waals surface area contributed by atoms with Crippen LogP contribution in [0, 0.1) is 0 Å². The molecule has 1 fully saturated rings. The van der Waals surface area contributed by atoms with Gasteiger partial charge in [0.05, 0.1) is 4.90 Å². The van der Waals surface area contributed by atoms with E-state index in [9.17, 15) is 44.7 Å². The number of aromatic nitrogens is 4. The number of piperazine rings is 1. The Balaban J connectivity index is 1.57. The van der Waals surface area contributed by atoms with Gasteiger partial charge >= 0.3 is 18.5 Å². The monoisotopic (exact) mass is 546 g/mol. The molecule has 1 aliphatic heterocycles. The Morgan fingerprint density at radius 1 is 1.09 bits per heavy atom. The van der Waals surface area contributed by atoms with Gasteiger partial charge in [0.2, 0.25) is 20.1 Å². The van der Waals surface area contributed by atoms with Crippen LogP contribution in [0.25, 0.3) is 4.96 Å². The summed E-state index contributed by atoms with van der Waals surface area (Å²) < 4.78 is 107. The molecule has 0 amide bonds. The lowest BCUT2D eigenvalue weighted by atomic mass is 10.2. The fourth-order valence-corrected chi connectivity index (χ4v) is 5.73. The molecule has 0 aliphatic carbocycles. The third-order valence-corrected chi connectivity index (χ3v) is 7.67. The number of hydrogen-bond donors (Lipinski definition) is 1. The molecular formula is C16H12F6N6O5S2. The number of benzene rings is 1. The van der Waals surface area contributed by atoms with Gasteiger partial charge in [-0.05, 0) is 24.3 Å². The summed E-state index contributed by atoms with van der Waals surface area (Å²) in [6.07, 6.45) is -9.82. The molecule has 3 aromatic rings. The molecule has 1 atom stereocenters. The van der Waals surface area contributed by atoms with Crippen molar-refractivity contribution in [3.05, 3.63) is 30.1 Å². The van der Waals surface area contributed by atoms with Crippen LogP contribution in [0.5, 0.6) is 5.75 Å². The molecule has 190 valence electrons. The Labute approximate surface area is 195 Å². The van der Waals surface area contributed by atoms with Crippen LogP contribution in [0.15, 0.2) is 29.2 Å². The number of halogens is 6. The maximum atomic E-state index is 13.0. The highest BCUT2D eigenvalue weighted by Gasteiger charge is 2.42. The number of alkyl halides is 6. The predicted molar refractivity (Wildman–Crippen MR) is 104 cm³/mol. The van der Waals surface area contributed by atoms with Crippen molar-refractivity contribution in [1.29, 1.82) is 0 Å². The van der Waals surface area contributed by atoms with E-state index in [1.54, 1.807) is 0 Å². The van der Waals surface area contributed by atoms with Gasteiger partial charge in [-0.25, -0.2) is 8.42 Å². The van der Waals surface area contributed by atoms with Gasteiger partial charge in [0.15, 0.2) is 0 Å². The summed E-state index contributed by atoms with van der Waals surface area (Å²) >= 11 is 0.703. The van der Waals surface area contributed by atoms with Gasteiger partial charge in [0, 0.05) is 19.6 Å². The molecule has 11 nitrogen and oxygen atoms in total. The first-order valence-electron chi connectivity index (χ1n) is 9.31. The molecule has 2 aromatic heterocycles. The van der Waals surface area contributed by atoms with Gasteiger partial charge in [0.25, 0.3) is 5.82 Å². The van der Waals surface area contributed by atoms with Crippen molar-refractivity contribution in [2.24, 2.45) is 0 Å². The molecule has 0 spiro atoms. The standard InChI is InChI=1S/C16H12F6N6O5S2/c17-15(18,19)12-23-24-13-28(12)25-14(34-13)26-5-6-27(10(7-26)11(29)30)35(31,32)9-3-1-8(2-4-9)33-16(20,21)22/h1-4,10H,5-7H2,(H,29,30)/t10-/m1/s1. The molecule has 1 aromatic carbocycles. The number of rotatable bonds is 5. The molecule has 3 heterocycles. The summed E-state index contributed by atoms with van der Waals surface area (Å²) in [5, 5.41) is 19.8. The number of aliphatic carboxylic acids is 1. The summed E-state index contributed by atoms with van der Waals surface area (Å²) in [4.78, 5) is 12.5. The molecule has 0 unspecified atom stereocenters. The van der Waals surface area contributed by atoms with Crippen molar-refractivity contribution in [3.63, 3.8) is 0 Å². The lowest BCUT2D eigenvalue weighted by molar-refractivity contribution is -0.274. The van der Waals surface area contributed by atoms with Crippen molar-refractivity contribution >= 4 is 37.4 Å². The van der Waals surface area contributed by atoms with Crippen LogP contribution in [-0.2, 0) is 21.0 Å². The highest BCUT2D eigenvalue weighted by molar-refractivity contribution is 7.89. The topological polar surface area (TPSA) is 130 Å². The minimum Gasteiger partial charge on any atom is -0.480 e. The largest absolute Gasteiger partial charge is 0.573 e. The van der Waals surface area contributed by atoms with E-state index < -0.39 is 64.1 Å². The number of nitrogens with zero attached hydrogens (tertiary/aromatic N) is 6. The van der Waals surface area contributed by atoms with E-state index in [4.69, 9.17) is 0 Å². The molecule has 0 saturated carbocycles. The number of sulfonamides is 1. The van der Waals surface area contributed by atoms with Crippen molar-refractivity contribution in [3.8, 4) is 5.75 Å². The van der Waals surface area contributed by atoms with Gasteiger partial charge in [-0.3, -0.25) is 4.79 Å². The Hall–Kier alpha value is -3.19. The van der Waals surface area contributed by atoms with Crippen molar-refractivity contribution in [1.82, 2.24) is 24.1 Å². The van der Waals surface area contributed by atoms with Crippen LogP contribution in [0.4, 0.5) is 31.5 Å². The van der Waals surface area contributed by atoms with E-state index in [0.717, 1.165) is 24.3 Å². The van der Waals surface area contributed by atoms with Gasteiger partial charge in [-0.15, -0.1) is 28.5 Å². The molecule has 1 saturated heterocycles. The van der Waals surface area contributed by atoms with Crippen LogP contribution in [0.2, 0.25) is 0 Å². The number of anilines is 1. The van der Waals surface area contributed by atoms with E-state index in [1.807, 2.05) is 0 Å². The molecule has 1 N–H and O–H groups in total. The van der Waals surface area contributed by atoms with Crippen LogP contribution >= 0.6 is 11.3 Å². The zero-order valence-electron chi connectivity index (χ0n) is 16.9. The Morgan fingerprint density at radius 3 is 2.31 bits per heavy atom. The zero-order chi connectivity index (χ0) is 25.8. The number of carboxylic acid groups (broad SMARTS) is 1. The first-order chi connectivity index (χ1) is 16.2. The third kappa shape index (κ3) is 4.96. The summed E-state index contributed by atoms with van der Waals surface area (Å²) in [6, 6.07) is 1.54. The van der Waals surface area contributed by atoms with Gasteiger partial charge in [-0.2, -0.15) is 22.0 Å². The number of carbonyl (C=O) groups is 1. The lowest BCUT2D eigenvalue weighted by Crippen LogP contribution is -2.58. The first-order valence-corrected chi connectivity index (χ1v) is 11.6. The Bertz CT molecular complexity index is 1350. The molecule has 0 radical (unpaired) electrons. The van der Waals surface area contributed by atoms with Crippen molar-refractivity contribution in [2.75, 3.05) is 24.5 Å². The predicted octanol–water partition coefficient (Wildman–Crippen LogP) is 2.07. The highest BCUT2D eigenvalue weighted by atomic mass is 32.2. The lowest BCUT2D eigenvalue weighted by Gasteiger charge is -2.38. The minimum absolute atomic E-state index is 0.0302. The fraction of sp³-hybridized carbons (Fsp3) is 0.375. The van der Waals surface area contributed by atoms with E-state index >= 15 is 0 Å². The molecular weight excluding hydrogens is 534 g/mol. The molecule has 1 aliphatic rings. The summed E-state index contributed by atoms with van der Waals surface area (Å²) in [7, 11) is -4.47. The number of fused-ring (bicyclic) bond motifs is 1. The van der Waals surface area contributed by atoms with E-state index in [2.05, 4.69) is 20.0 Å². The quantitative estimate of drug-likeness (QED) is 0.478. The molecule has 0 bridgehead atoms. The van der Waals surface area contributed by atoms with Gasteiger partial charge in [0.1, 0.15) is 11.8 Å². The second-order valence-corrected chi connectivity index (χ2v) is 9.86.